The molecule has 2 aromatic carbocycles. The molecule has 6 nitrogen and oxygen atoms in total. The van der Waals surface area contributed by atoms with Gasteiger partial charge in [-0.2, -0.15) is 0 Å². The molecular formula is C24H22Br2O6. The van der Waals surface area contributed by atoms with E-state index in [1.165, 1.54) is 0 Å². The van der Waals surface area contributed by atoms with Crippen LogP contribution >= 0.6 is 31.9 Å². The Balaban J connectivity index is 2.05. The molecular weight excluding hydrogens is 544 g/mol. The topological polar surface area (TPSA) is 86.7 Å². The van der Waals surface area contributed by atoms with Crippen molar-refractivity contribution in [2.24, 2.45) is 17.3 Å². The summed E-state index contributed by atoms with van der Waals surface area (Å²) in [7, 11) is 2.28. The maximum absolute atomic E-state index is 13.5. The van der Waals surface area contributed by atoms with E-state index in [0.29, 0.717) is 5.56 Å². The lowest BCUT2D eigenvalue weighted by atomic mass is 9.58. The average Bonchev–Trinajstić information content (AvgIpc) is 2.79. The van der Waals surface area contributed by atoms with E-state index in [2.05, 4.69) is 31.9 Å². The Hall–Kier alpha value is -2.32. The number of hydrogen-bond acceptors (Lipinski definition) is 6. The lowest BCUT2D eigenvalue weighted by Gasteiger charge is -2.40. The van der Waals surface area contributed by atoms with Crippen LogP contribution < -0.4 is 0 Å². The zero-order valence-electron chi connectivity index (χ0n) is 17.6. The Morgan fingerprint density at radius 3 is 1.94 bits per heavy atom. The van der Waals surface area contributed by atoms with Crippen LogP contribution in [-0.4, -0.2) is 37.7 Å². The largest absolute Gasteiger partial charge is 0.468 e. The second-order valence-corrected chi connectivity index (χ2v) is 9.61. The van der Waals surface area contributed by atoms with Crippen LogP contribution in [-0.2, 0) is 41.5 Å². The summed E-state index contributed by atoms with van der Waals surface area (Å²) in [6.45, 7) is 0. The Morgan fingerprint density at radius 1 is 0.906 bits per heavy atom. The van der Waals surface area contributed by atoms with Crippen molar-refractivity contribution >= 4 is 55.4 Å². The van der Waals surface area contributed by atoms with Gasteiger partial charge in [-0.25, -0.2) is 0 Å². The molecule has 0 saturated heterocycles. The molecule has 0 amide bonds. The quantitative estimate of drug-likeness (QED) is 0.387. The van der Waals surface area contributed by atoms with Crippen molar-refractivity contribution in [2.45, 2.75) is 19.3 Å². The van der Waals surface area contributed by atoms with Gasteiger partial charge in [0.15, 0.2) is 17.0 Å². The highest BCUT2D eigenvalue weighted by atomic mass is 79.9. The molecule has 0 N–H and O–H groups in total. The number of halogens is 2. The first-order valence-electron chi connectivity index (χ1n) is 9.95. The second-order valence-electron chi connectivity index (χ2n) is 7.78. The van der Waals surface area contributed by atoms with Crippen molar-refractivity contribution in [3.63, 3.8) is 0 Å². The number of hydrogen-bond donors (Lipinski definition) is 0. The molecule has 3 rings (SSSR count). The third-order valence-electron chi connectivity index (χ3n) is 5.89. The van der Waals surface area contributed by atoms with E-state index in [1.807, 2.05) is 24.3 Å². The molecule has 3 unspecified atom stereocenters. The summed E-state index contributed by atoms with van der Waals surface area (Å²) >= 11 is 6.72. The highest BCUT2D eigenvalue weighted by Gasteiger charge is 2.63. The number of carbonyl (C=O) groups excluding carboxylic acids is 4. The molecule has 0 aromatic heterocycles. The van der Waals surface area contributed by atoms with E-state index in [0.717, 1.165) is 28.7 Å². The minimum absolute atomic E-state index is 0.137. The molecule has 0 radical (unpaired) electrons. The van der Waals surface area contributed by atoms with Crippen molar-refractivity contribution < 1.29 is 28.7 Å². The normalized spacial score (nSPS) is 23.0. The fourth-order valence-electron chi connectivity index (χ4n) is 4.27. The zero-order valence-corrected chi connectivity index (χ0v) is 20.8. The number of benzene rings is 2. The SMILES string of the molecule is COC(=O)C1C(=O)C(Cc2ccc(Br)cc2)CC(=O)C1(Cc1ccc(Br)cc1)C(=O)OC. The fraction of sp³-hybridized carbons (Fsp3) is 0.333. The Morgan fingerprint density at radius 2 is 1.44 bits per heavy atom. The van der Waals surface area contributed by atoms with Crippen molar-refractivity contribution in [2.75, 3.05) is 14.2 Å². The predicted molar refractivity (Wildman–Crippen MR) is 124 cm³/mol. The fourth-order valence-corrected chi connectivity index (χ4v) is 4.80. The number of esters is 2. The summed E-state index contributed by atoms with van der Waals surface area (Å²) in [4.78, 5) is 52.9. The molecule has 1 aliphatic rings. The Kier molecular flexibility index (Phi) is 7.67. The van der Waals surface area contributed by atoms with Gasteiger partial charge < -0.3 is 9.47 Å². The summed E-state index contributed by atoms with van der Waals surface area (Å²) < 4.78 is 11.6. The van der Waals surface area contributed by atoms with Gasteiger partial charge in [0.2, 0.25) is 0 Å². The number of ether oxygens (including phenoxy) is 2. The van der Waals surface area contributed by atoms with E-state index >= 15 is 0 Å². The van der Waals surface area contributed by atoms with Gasteiger partial charge in [0.25, 0.3) is 0 Å². The molecule has 168 valence electrons. The Bertz CT molecular complexity index is 1030. The summed E-state index contributed by atoms with van der Waals surface area (Å²) in [5.74, 6) is -5.12. The van der Waals surface area contributed by atoms with E-state index in [9.17, 15) is 19.2 Å². The monoisotopic (exact) mass is 564 g/mol. The summed E-state index contributed by atoms with van der Waals surface area (Å²) in [5, 5.41) is 0. The number of carbonyl (C=O) groups is 4. The van der Waals surface area contributed by atoms with Gasteiger partial charge in [-0.1, -0.05) is 56.1 Å². The van der Waals surface area contributed by atoms with Crippen molar-refractivity contribution in [3.05, 3.63) is 68.6 Å². The lowest BCUT2D eigenvalue weighted by Crippen LogP contribution is -2.59. The van der Waals surface area contributed by atoms with Crippen LogP contribution in [0.15, 0.2) is 57.5 Å². The van der Waals surface area contributed by atoms with Crippen LogP contribution in [0.1, 0.15) is 17.5 Å². The van der Waals surface area contributed by atoms with Crippen molar-refractivity contribution in [1.29, 1.82) is 0 Å². The van der Waals surface area contributed by atoms with Crippen LogP contribution in [0.4, 0.5) is 0 Å². The first-order chi connectivity index (χ1) is 15.2. The molecule has 32 heavy (non-hydrogen) atoms. The number of methoxy groups -OCH3 is 2. The maximum Gasteiger partial charge on any atom is 0.321 e. The van der Waals surface area contributed by atoms with E-state index < -0.39 is 40.8 Å². The molecule has 0 spiro atoms. The van der Waals surface area contributed by atoms with Gasteiger partial charge in [-0.05, 0) is 48.2 Å². The molecule has 0 aliphatic heterocycles. The second kappa shape index (κ2) is 10.1. The molecule has 1 aliphatic carbocycles. The zero-order chi connectivity index (χ0) is 23.5. The smallest absolute Gasteiger partial charge is 0.321 e. The predicted octanol–water partition coefficient (Wildman–Crippen LogP) is 4.10. The van der Waals surface area contributed by atoms with E-state index in [4.69, 9.17) is 9.47 Å². The summed E-state index contributed by atoms with van der Waals surface area (Å²) in [6.07, 6.45) is -0.0167. The average molecular weight is 566 g/mol. The molecule has 3 atom stereocenters. The van der Waals surface area contributed by atoms with Gasteiger partial charge in [-0.3, -0.25) is 19.2 Å². The van der Waals surface area contributed by atoms with Crippen LogP contribution in [0.5, 0.6) is 0 Å². The molecule has 1 fully saturated rings. The van der Waals surface area contributed by atoms with Gasteiger partial charge in [0.05, 0.1) is 14.2 Å². The molecule has 8 heteroatoms. The van der Waals surface area contributed by atoms with Crippen molar-refractivity contribution in [1.82, 2.24) is 0 Å². The van der Waals surface area contributed by atoms with Crippen LogP contribution in [0.25, 0.3) is 0 Å². The molecule has 1 saturated carbocycles. The number of ketones is 2. The highest BCUT2D eigenvalue weighted by Crippen LogP contribution is 2.44. The first-order valence-corrected chi connectivity index (χ1v) is 11.5. The van der Waals surface area contributed by atoms with Crippen LogP contribution in [0.3, 0.4) is 0 Å². The lowest BCUT2D eigenvalue weighted by molar-refractivity contribution is -0.178. The van der Waals surface area contributed by atoms with Gasteiger partial charge in [0, 0.05) is 21.3 Å². The first kappa shape index (κ1) is 24.3. The summed E-state index contributed by atoms with van der Waals surface area (Å²) in [6, 6.07) is 14.4. The molecule has 2 aromatic rings. The van der Waals surface area contributed by atoms with Gasteiger partial charge >= 0.3 is 11.9 Å². The van der Waals surface area contributed by atoms with Crippen LogP contribution in [0, 0.1) is 17.3 Å². The third-order valence-corrected chi connectivity index (χ3v) is 6.94. The third kappa shape index (κ3) is 4.71. The number of Topliss-reactive ketones (excluding diaryl/α,β-unsaturated/α-hetero) is 2. The van der Waals surface area contributed by atoms with Crippen molar-refractivity contribution in [3.8, 4) is 0 Å². The van der Waals surface area contributed by atoms with Crippen LogP contribution in [0.2, 0.25) is 0 Å². The Labute approximate surface area is 202 Å². The maximum atomic E-state index is 13.5. The molecule has 0 bridgehead atoms. The molecule has 0 heterocycles. The number of rotatable bonds is 6. The standard InChI is InChI=1S/C24H22Br2O6/c1-31-22(29)20-21(28)16(11-14-3-7-17(25)8-4-14)12-19(27)24(20,23(30)32-2)13-15-5-9-18(26)10-6-15/h3-10,16,20H,11-13H2,1-2H3. The highest BCUT2D eigenvalue weighted by molar-refractivity contribution is 9.10. The van der Waals surface area contributed by atoms with E-state index in [1.54, 1.807) is 24.3 Å². The minimum atomic E-state index is -1.97. The van der Waals surface area contributed by atoms with Gasteiger partial charge in [0.1, 0.15) is 5.92 Å². The minimum Gasteiger partial charge on any atom is -0.468 e. The summed E-state index contributed by atoms with van der Waals surface area (Å²) in [5.41, 5.74) is -0.496. The van der Waals surface area contributed by atoms with Gasteiger partial charge in [-0.15, -0.1) is 0 Å². The van der Waals surface area contributed by atoms with E-state index in [-0.39, 0.29) is 19.3 Å².